The first-order chi connectivity index (χ1) is 6.84. The minimum absolute atomic E-state index is 0.801. The van der Waals surface area contributed by atoms with E-state index in [1.165, 1.54) is 10.6 Å². The molecule has 0 saturated carbocycles. The molecule has 4 heteroatoms. The van der Waals surface area contributed by atoms with Crippen LogP contribution >= 0.6 is 11.3 Å². The zero-order valence-corrected chi connectivity index (χ0v) is 9.69. The number of rotatable bonds is 7. The number of ether oxygens (including phenoxy) is 1. The van der Waals surface area contributed by atoms with Crippen molar-refractivity contribution in [1.82, 2.24) is 10.3 Å². The molecule has 14 heavy (non-hydrogen) atoms. The first kappa shape index (κ1) is 11.6. The molecule has 1 aromatic rings. The lowest BCUT2D eigenvalue weighted by Crippen LogP contribution is -2.22. The monoisotopic (exact) mass is 214 g/mol. The lowest BCUT2D eigenvalue weighted by Gasteiger charge is -2.03. The first-order valence-electron chi connectivity index (χ1n) is 5.02. The Bertz CT molecular complexity index is 250. The summed E-state index contributed by atoms with van der Waals surface area (Å²) in [5.74, 6) is 0. The molecule has 1 heterocycles. The summed E-state index contributed by atoms with van der Waals surface area (Å²) in [4.78, 5) is 5.59. The van der Waals surface area contributed by atoms with Gasteiger partial charge in [0, 0.05) is 24.6 Å². The Morgan fingerprint density at radius 3 is 3.00 bits per heavy atom. The number of hydrogen-bond acceptors (Lipinski definition) is 4. The predicted octanol–water partition coefficient (Wildman–Crippen LogP) is 1.62. The largest absolute Gasteiger partial charge is 0.380 e. The van der Waals surface area contributed by atoms with Gasteiger partial charge >= 0.3 is 0 Å². The summed E-state index contributed by atoms with van der Waals surface area (Å²) >= 11 is 1.74. The molecule has 0 saturated heterocycles. The Morgan fingerprint density at radius 1 is 1.50 bits per heavy atom. The van der Waals surface area contributed by atoms with Gasteiger partial charge in [0.25, 0.3) is 0 Å². The maximum atomic E-state index is 5.22. The summed E-state index contributed by atoms with van der Waals surface area (Å²) in [5.41, 5.74) is 3.08. The van der Waals surface area contributed by atoms with Crippen molar-refractivity contribution < 1.29 is 4.74 Å². The van der Waals surface area contributed by atoms with E-state index >= 15 is 0 Å². The average Bonchev–Trinajstić information content (AvgIpc) is 2.58. The van der Waals surface area contributed by atoms with E-state index in [-0.39, 0.29) is 0 Å². The second-order valence-corrected chi connectivity index (χ2v) is 4.00. The molecule has 0 aromatic carbocycles. The summed E-state index contributed by atoms with van der Waals surface area (Å²) < 4.78 is 5.22. The lowest BCUT2D eigenvalue weighted by molar-refractivity contribution is 0.149. The van der Waals surface area contributed by atoms with Crippen LogP contribution in [0.3, 0.4) is 0 Å². The Morgan fingerprint density at radius 2 is 2.36 bits per heavy atom. The normalized spacial score (nSPS) is 10.7. The van der Waals surface area contributed by atoms with E-state index in [1.54, 1.807) is 11.3 Å². The molecule has 0 amide bonds. The molecule has 0 spiro atoms. The van der Waals surface area contributed by atoms with Crippen molar-refractivity contribution in [2.75, 3.05) is 26.3 Å². The molecule has 1 aromatic heterocycles. The number of aromatic nitrogens is 1. The fourth-order valence-corrected chi connectivity index (χ4v) is 1.96. The molecule has 3 nitrogen and oxygen atoms in total. The number of hydrogen-bond donors (Lipinski definition) is 1. The van der Waals surface area contributed by atoms with E-state index in [4.69, 9.17) is 4.74 Å². The van der Waals surface area contributed by atoms with E-state index in [0.29, 0.717) is 0 Å². The number of nitrogens with zero attached hydrogens (tertiary/aromatic N) is 1. The quantitative estimate of drug-likeness (QED) is 0.700. The van der Waals surface area contributed by atoms with E-state index in [0.717, 1.165) is 32.7 Å². The molecule has 0 radical (unpaired) electrons. The summed E-state index contributed by atoms with van der Waals surface area (Å²) in [7, 11) is 0. The van der Waals surface area contributed by atoms with Gasteiger partial charge in [0.2, 0.25) is 0 Å². The van der Waals surface area contributed by atoms with E-state index in [9.17, 15) is 0 Å². The Balaban J connectivity index is 2.02. The molecule has 0 atom stereocenters. The third kappa shape index (κ3) is 4.17. The van der Waals surface area contributed by atoms with Gasteiger partial charge < -0.3 is 10.1 Å². The van der Waals surface area contributed by atoms with Crippen LogP contribution in [0, 0.1) is 6.92 Å². The maximum Gasteiger partial charge on any atom is 0.0797 e. The molecule has 80 valence electrons. The zero-order chi connectivity index (χ0) is 10.2. The van der Waals surface area contributed by atoms with Crippen molar-refractivity contribution in [3.05, 3.63) is 16.1 Å². The van der Waals surface area contributed by atoms with Crippen LogP contribution in [-0.2, 0) is 11.2 Å². The summed E-state index contributed by atoms with van der Waals surface area (Å²) in [5, 5.41) is 3.34. The van der Waals surface area contributed by atoms with Gasteiger partial charge in [0.15, 0.2) is 0 Å². The van der Waals surface area contributed by atoms with Gasteiger partial charge in [0.05, 0.1) is 17.8 Å². The first-order valence-corrected chi connectivity index (χ1v) is 5.90. The minimum atomic E-state index is 0.801. The van der Waals surface area contributed by atoms with Crippen LogP contribution in [0.2, 0.25) is 0 Å². The van der Waals surface area contributed by atoms with Crippen LogP contribution in [0.1, 0.15) is 17.5 Å². The predicted molar refractivity (Wildman–Crippen MR) is 59.9 cm³/mol. The topological polar surface area (TPSA) is 34.1 Å². The summed E-state index contributed by atoms with van der Waals surface area (Å²) in [6.07, 6.45) is 1.07. The highest BCUT2D eigenvalue weighted by atomic mass is 32.1. The van der Waals surface area contributed by atoms with E-state index < -0.39 is 0 Å². The third-order valence-corrected chi connectivity index (χ3v) is 3.00. The molecule has 1 N–H and O–H groups in total. The molecule has 0 aliphatic rings. The molecule has 0 aliphatic carbocycles. The third-order valence-electron chi connectivity index (χ3n) is 2.00. The van der Waals surface area contributed by atoms with Crippen molar-refractivity contribution in [2.45, 2.75) is 20.3 Å². The second kappa shape index (κ2) is 6.92. The Kier molecular flexibility index (Phi) is 5.75. The highest BCUT2D eigenvalue weighted by Crippen LogP contribution is 2.11. The maximum absolute atomic E-state index is 5.22. The van der Waals surface area contributed by atoms with Gasteiger partial charge in [-0.1, -0.05) is 0 Å². The SMILES string of the molecule is CCOCCNCCc1scnc1C. The Labute approximate surface area is 89.5 Å². The number of nitrogens with one attached hydrogen (secondary N) is 1. The number of aryl methyl sites for hydroxylation is 1. The highest BCUT2D eigenvalue weighted by Gasteiger charge is 1.99. The smallest absolute Gasteiger partial charge is 0.0797 e. The summed E-state index contributed by atoms with van der Waals surface area (Å²) in [6, 6.07) is 0. The minimum Gasteiger partial charge on any atom is -0.380 e. The molecule has 1 rings (SSSR count). The van der Waals surface area contributed by atoms with Crippen molar-refractivity contribution in [3.8, 4) is 0 Å². The van der Waals surface area contributed by atoms with Crippen molar-refractivity contribution in [1.29, 1.82) is 0 Å². The van der Waals surface area contributed by atoms with Crippen LogP contribution in [0.25, 0.3) is 0 Å². The van der Waals surface area contributed by atoms with Crippen LogP contribution in [-0.4, -0.2) is 31.3 Å². The van der Waals surface area contributed by atoms with Crippen molar-refractivity contribution in [3.63, 3.8) is 0 Å². The average molecular weight is 214 g/mol. The molecular formula is C10H18N2OS. The fraction of sp³-hybridized carbons (Fsp3) is 0.700. The molecular weight excluding hydrogens is 196 g/mol. The van der Waals surface area contributed by atoms with Crippen molar-refractivity contribution in [2.24, 2.45) is 0 Å². The van der Waals surface area contributed by atoms with Crippen LogP contribution < -0.4 is 5.32 Å². The van der Waals surface area contributed by atoms with Gasteiger partial charge in [-0.15, -0.1) is 11.3 Å². The molecule has 0 fully saturated rings. The second-order valence-electron chi connectivity index (χ2n) is 3.06. The van der Waals surface area contributed by atoms with Gasteiger partial charge in [-0.25, -0.2) is 4.98 Å². The summed E-state index contributed by atoms with van der Waals surface area (Å²) in [6.45, 7) is 7.63. The lowest BCUT2D eigenvalue weighted by atomic mass is 10.3. The van der Waals surface area contributed by atoms with E-state index in [2.05, 4.69) is 17.2 Å². The van der Waals surface area contributed by atoms with E-state index in [1.807, 2.05) is 12.4 Å². The highest BCUT2D eigenvalue weighted by molar-refractivity contribution is 7.09. The Hall–Kier alpha value is -0.450. The fourth-order valence-electron chi connectivity index (χ4n) is 1.18. The zero-order valence-electron chi connectivity index (χ0n) is 8.88. The van der Waals surface area contributed by atoms with Crippen LogP contribution in [0.5, 0.6) is 0 Å². The molecule has 0 unspecified atom stereocenters. The molecule has 0 aliphatic heterocycles. The van der Waals surface area contributed by atoms with Gasteiger partial charge in [-0.2, -0.15) is 0 Å². The molecule has 0 bridgehead atoms. The van der Waals surface area contributed by atoms with Crippen LogP contribution in [0.15, 0.2) is 5.51 Å². The number of thiazole rings is 1. The standard InChI is InChI=1S/C10H18N2OS/c1-3-13-7-6-11-5-4-10-9(2)12-8-14-10/h8,11H,3-7H2,1-2H3. The van der Waals surface area contributed by atoms with Gasteiger partial charge in [0.1, 0.15) is 0 Å². The van der Waals surface area contributed by atoms with Crippen molar-refractivity contribution >= 4 is 11.3 Å². The van der Waals surface area contributed by atoms with Crippen LogP contribution in [0.4, 0.5) is 0 Å². The van der Waals surface area contributed by atoms with Gasteiger partial charge in [-0.3, -0.25) is 0 Å². The van der Waals surface area contributed by atoms with Gasteiger partial charge in [-0.05, 0) is 20.3 Å².